The van der Waals surface area contributed by atoms with Crippen LogP contribution in [0.15, 0.2) is 18.2 Å². The first-order chi connectivity index (χ1) is 10.0. The second kappa shape index (κ2) is 6.94. The van der Waals surface area contributed by atoms with Gasteiger partial charge >= 0.3 is 5.97 Å². The predicted molar refractivity (Wildman–Crippen MR) is 82.5 cm³/mol. The Morgan fingerprint density at radius 3 is 2.62 bits per heavy atom. The first kappa shape index (κ1) is 15.8. The van der Waals surface area contributed by atoms with E-state index in [1.807, 2.05) is 6.92 Å². The molecule has 1 saturated carbocycles. The minimum atomic E-state index is -0.453. The molecule has 1 unspecified atom stereocenters. The molecule has 114 valence electrons. The molecule has 0 radical (unpaired) electrons. The third-order valence-corrected chi connectivity index (χ3v) is 4.50. The summed E-state index contributed by atoms with van der Waals surface area (Å²) in [5.74, 6) is -0.116. The molecule has 4 nitrogen and oxygen atoms in total. The predicted octanol–water partition coefficient (Wildman–Crippen LogP) is 3.89. The molecule has 1 aliphatic rings. The molecule has 0 heterocycles. The molecule has 5 heteroatoms. The van der Waals surface area contributed by atoms with Crippen LogP contribution in [0.4, 0.5) is 5.69 Å². The normalized spacial score (nSPS) is 16.5. The fourth-order valence-corrected chi connectivity index (χ4v) is 2.95. The zero-order valence-corrected chi connectivity index (χ0v) is 13.1. The van der Waals surface area contributed by atoms with Crippen molar-refractivity contribution in [2.45, 2.75) is 32.6 Å². The van der Waals surface area contributed by atoms with Crippen LogP contribution in [0.25, 0.3) is 0 Å². The van der Waals surface area contributed by atoms with Crippen molar-refractivity contribution in [3.05, 3.63) is 28.8 Å². The minimum Gasteiger partial charge on any atom is -0.465 e. The lowest BCUT2D eigenvalue weighted by Crippen LogP contribution is -2.26. The molecule has 21 heavy (non-hydrogen) atoms. The van der Waals surface area contributed by atoms with Crippen molar-refractivity contribution < 1.29 is 14.3 Å². The lowest BCUT2D eigenvalue weighted by atomic mass is 9.92. The number of methoxy groups -OCH3 is 1. The maximum atomic E-state index is 12.3. The number of benzene rings is 1. The van der Waals surface area contributed by atoms with E-state index in [9.17, 15) is 9.59 Å². The topological polar surface area (TPSA) is 55.4 Å². The van der Waals surface area contributed by atoms with E-state index < -0.39 is 5.97 Å². The van der Waals surface area contributed by atoms with Gasteiger partial charge in [0.2, 0.25) is 5.91 Å². The van der Waals surface area contributed by atoms with E-state index in [0.29, 0.717) is 22.2 Å². The lowest BCUT2D eigenvalue weighted by molar-refractivity contribution is -0.120. The number of hydrogen-bond acceptors (Lipinski definition) is 3. The first-order valence-corrected chi connectivity index (χ1v) is 7.59. The van der Waals surface area contributed by atoms with E-state index in [4.69, 9.17) is 11.6 Å². The van der Waals surface area contributed by atoms with Gasteiger partial charge in [-0.1, -0.05) is 31.4 Å². The summed E-state index contributed by atoms with van der Waals surface area (Å²) in [6.45, 7) is 1.95. The summed E-state index contributed by atoms with van der Waals surface area (Å²) in [6.07, 6.45) is 4.59. The van der Waals surface area contributed by atoms with E-state index in [2.05, 4.69) is 10.1 Å². The molecule has 1 N–H and O–H groups in total. The molecule has 0 aromatic heterocycles. The maximum absolute atomic E-state index is 12.3. The number of esters is 1. The highest BCUT2D eigenvalue weighted by Gasteiger charge is 2.27. The Balaban J connectivity index is 2.10. The molecular weight excluding hydrogens is 290 g/mol. The van der Waals surface area contributed by atoms with Crippen LogP contribution in [0, 0.1) is 11.8 Å². The minimum absolute atomic E-state index is 0.0502. The van der Waals surface area contributed by atoms with Gasteiger partial charge in [-0.15, -0.1) is 0 Å². The van der Waals surface area contributed by atoms with Gasteiger partial charge in [0, 0.05) is 5.92 Å². The van der Waals surface area contributed by atoms with E-state index in [1.165, 1.54) is 20.0 Å². The largest absolute Gasteiger partial charge is 0.465 e. The van der Waals surface area contributed by atoms with Crippen LogP contribution in [0.2, 0.25) is 5.02 Å². The molecule has 1 amide bonds. The number of anilines is 1. The van der Waals surface area contributed by atoms with E-state index in [-0.39, 0.29) is 11.8 Å². The van der Waals surface area contributed by atoms with Crippen molar-refractivity contribution in [1.29, 1.82) is 0 Å². The molecule has 1 atom stereocenters. The monoisotopic (exact) mass is 309 g/mol. The van der Waals surface area contributed by atoms with Gasteiger partial charge in [0.25, 0.3) is 0 Å². The molecule has 0 spiro atoms. The first-order valence-electron chi connectivity index (χ1n) is 7.21. The molecular formula is C16H20ClNO3. The van der Waals surface area contributed by atoms with Crippen molar-refractivity contribution in [2.24, 2.45) is 11.8 Å². The Kier molecular flexibility index (Phi) is 5.23. The summed E-state index contributed by atoms with van der Waals surface area (Å²) in [5, 5.41) is 3.24. The van der Waals surface area contributed by atoms with E-state index >= 15 is 0 Å². The van der Waals surface area contributed by atoms with Gasteiger partial charge in [-0.2, -0.15) is 0 Å². The van der Waals surface area contributed by atoms with Gasteiger partial charge in [0.05, 0.1) is 23.4 Å². The van der Waals surface area contributed by atoms with Gasteiger partial charge in [-0.25, -0.2) is 4.79 Å². The summed E-state index contributed by atoms with van der Waals surface area (Å²) >= 11 is 6.09. The molecule has 0 saturated heterocycles. The van der Waals surface area contributed by atoms with Crippen LogP contribution in [-0.4, -0.2) is 19.0 Å². The van der Waals surface area contributed by atoms with Gasteiger partial charge in [0.1, 0.15) is 0 Å². The quantitative estimate of drug-likeness (QED) is 0.858. The maximum Gasteiger partial charge on any atom is 0.337 e. The van der Waals surface area contributed by atoms with Crippen molar-refractivity contribution in [3.63, 3.8) is 0 Å². The van der Waals surface area contributed by atoms with Crippen molar-refractivity contribution in [2.75, 3.05) is 12.4 Å². The second-order valence-corrected chi connectivity index (χ2v) is 5.92. The number of carbonyl (C=O) groups is 2. The van der Waals surface area contributed by atoms with Crippen LogP contribution in [0.5, 0.6) is 0 Å². The molecule has 1 aromatic carbocycles. The zero-order valence-electron chi connectivity index (χ0n) is 12.3. The Labute approximate surface area is 129 Å². The highest BCUT2D eigenvalue weighted by molar-refractivity contribution is 6.33. The smallest absolute Gasteiger partial charge is 0.337 e. The average molecular weight is 310 g/mol. The Morgan fingerprint density at radius 2 is 2.00 bits per heavy atom. The number of halogens is 1. The Hall–Kier alpha value is -1.55. The fourth-order valence-electron chi connectivity index (χ4n) is 2.78. The number of amides is 1. The molecule has 1 fully saturated rings. The van der Waals surface area contributed by atoms with Crippen LogP contribution in [-0.2, 0) is 9.53 Å². The van der Waals surface area contributed by atoms with Crippen molar-refractivity contribution >= 4 is 29.2 Å². The van der Waals surface area contributed by atoms with Gasteiger partial charge < -0.3 is 10.1 Å². The Morgan fingerprint density at radius 1 is 1.33 bits per heavy atom. The lowest BCUT2D eigenvalue weighted by Gasteiger charge is -2.19. The number of ether oxygens (including phenoxy) is 1. The molecule has 0 bridgehead atoms. The summed E-state index contributed by atoms with van der Waals surface area (Å²) in [5.41, 5.74) is 0.820. The number of carbonyl (C=O) groups excluding carboxylic acids is 2. The van der Waals surface area contributed by atoms with Crippen LogP contribution >= 0.6 is 11.6 Å². The average Bonchev–Trinajstić information content (AvgIpc) is 3.02. The van der Waals surface area contributed by atoms with Crippen molar-refractivity contribution in [1.82, 2.24) is 0 Å². The van der Waals surface area contributed by atoms with E-state index in [0.717, 1.165) is 12.8 Å². The Bertz CT molecular complexity index is 538. The number of hydrogen-bond donors (Lipinski definition) is 1. The summed E-state index contributed by atoms with van der Waals surface area (Å²) in [6, 6.07) is 4.71. The summed E-state index contributed by atoms with van der Waals surface area (Å²) < 4.78 is 4.67. The van der Waals surface area contributed by atoms with Crippen molar-refractivity contribution in [3.8, 4) is 0 Å². The fraction of sp³-hybridized carbons (Fsp3) is 0.500. The highest BCUT2D eigenvalue weighted by atomic mass is 35.5. The van der Waals surface area contributed by atoms with E-state index in [1.54, 1.807) is 18.2 Å². The molecule has 0 aliphatic heterocycles. The van der Waals surface area contributed by atoms with Gasteiger partial charge in [-0.3, -0.25) is 4.79 Å². The third kappa shape index (κ3) is 3.76. The second-order valence-electron chi connectivity index (χ2n) is 5.51. The zero-order chi connectivity index (χ0) is 15.4. The third-order valence-electron chi connectivity index (χ3n) is 4.17. The van der Waals surface area contributed by atoms with Gasteiger partial charge in [-0.05, 0) is 37.0 Å². The molecule has 1 aromatic rings. The van der Waals surface area contributed by atoms with Crippen LogP contribution in [0.1, 0.15) is 43.0 Å². The van der Waals surface area contributed by atoms with Crippen LogP contribution in [0.3, 0.4) is 0 Å². The number of nitrogens with one attached hydrogen (secondary N) is 1. The molecule has 2 rings (SSSR count). The highest BCUT2D eigenvalue weighted by Crippen LogP contribution is 2.32. The van der Waals surface area contributed by atoms with Crippen LogP contribution < -0.4 is 5.32 Å². The van der Waals surface area contributed by atoms with Gasteiger partial charge in [0.15, 0.2) is 0 Å². The standard InChI is InChI=1S/C16H20ClNO3/c1-10(11-5-3-4-6-11)15(19)18-14-9-12(16(20)21-2)7-8-13(14)17/h7-11H,3-6H2,1-2H3,(H,18,19). The SMILES string of the molecule is COC(=O)c1ccc(Cl)c(NC(=O)C(C)C2CCCC2)c1. The summed E-state index contributed by atoms with van der Waals surface area (Å²) in [4.78, 5) is 23.8. The number of rotatable bonds is 4. The summed E-state index contributed by atoms with van der Waals surface area (Å²) in [7, 11) is 1.32. The molecule has 1 aliphatic carbocycles.